The number of anilines is 1. The van der Waals surface area contributed by atoms with Crippen LogP contribution in [0, 0.1) is 6.92 Å². The van der Waals surface area contributed by atoms with Gasteiger partial charge in [0, 0.05) is 25.0 Å². The van der Waals surface area contributed by atoms with Crippen LogP contribution in [0.2, 0.25) is 0 Å². The second-order valence-electron chi connectivity index (χ2n) is 7.17. The van der Waals surface area contributed by atoms with Gasteiger partial charge in [-0.2, -0.15) is 0 Å². The number of aryl methyl sites for hydroxylation is 1. The summed E-state index contributed by atoms with van der Waals surface area (Å²) < 4.78 is 0. The summed E-state index contributed by atoms with van der Waals surface area (Å²) in [4.78, 5) is 14.1. The molecule has 0 spiro atoms. The van der Waals surface area contributed by atoms with Gasteiger partial charge in [0.2, 0.25) is 0 Å². The Kier molecular flexibility index (Phi) is 4.14. The van der Waals surface area contributed by atoms with Gasteiger partial charge in [-0.05, 0) is 38.7 Å². The molecule has 2 unspecified atom stereocenters. The lowest BCUT2D eigenvalue weighted by Gasteiger charge is -2.25. The van der Waals surface area contributed by atoms with Crippen molar-refractivity contribution in [1.29, 1.82) is 0 Å². The molecule has 1 aliphatic heterocycles. The summed E-state index contributed by atoms with van der Waals surface area (Å²) in [7, 11) is 4.34. The van der Waals surface area contributed by atoms with E-state index in [0.717, 1.165) is 29.9 Å². The number of likely N-dealkylation sites (N-methyl/N-ethyl adjacent to an activating group) is 1. The summed E-state index contributed by atoms with van der Waals surface area (Å²) in [5.74, 6) is 1.45. The predicted molar refractivity (Wildman–Crippen MR) is 103 cm³/mol. The summed E-state index contributed by atoms with van der Waals surface area (Å²) in [5.41, 5.74) is 4.62. The van der Waals surface area contributed by atoms with Gasteiger partial charge in [0.15, 0.2) is 0 Å². The van der Waals surface area contributed by atoms with Crippen molar-refractivity contribution in [2.75, 3.05) is 32.1 Å². The van der Waals surface area contributed by atoms with Gasteiger partial charge in [-0.15, -0.1) is 0 Å². The first-order valence-electron chi connectivity index (χ1n) is 8.81. The van der Waals surface area contributed by atoms with Crippen molar-refractivity contribution in [2.45, 2.75) is 18.9 Å². The van der Waals surface area contributed by atoms with Crippen LogP contribution in [0.5, 0.6) is 0 Å². The zero-order chi connectivity index (χ0) is 17.4. The zero-order valence-electron chi connectivity index (χ0n) is 15.1. The number of hydrogen-bond donors (Lipinski definition) is 0. The van der Waals surface area contributed by atoms with Crippen LogP contribution in [0.15, 0.2) is 54.7 Å². The normalized spacial score (nSPS) is 20.6. The lowest BCUT2D eigenvalue weighted by atomic mass is 9.93. The molecule has 3 aromatic rings. The average Bonchev–Trinajstić information content (AvgIpc) is 3.07. The van der Waals surface area contributed by atoms with Crippen LogP contribution in [0.3, 0.4) is 0 Å². The molecule has 0 radical (unpaired) electrons. The van der Waals surface area contributed by atoms with Gasteiger partial charge in [-0.3, -0.25) is 4.98 Å². The van der Waals surface area contributed by atoms with E-state index in [1.807, 2.05) is 30.5 Å². The molecule has 4 nitrogen and oxygen atoms in total. The van der Waals surface area contributed by atoms with Crippen LogP contribution < -0.4 is 4.90 Å². The molecule has 0 N–H and O–H groups in total. The van der Waals surface area contributed by atoms with E-state index in [2.05, 4.69) is 60.1 Å². The molecule has 0 bridgehead atoms. The summed E-state index contributed by atoms with van der Waals surface area (Å²) in [6.45, 7) is 4.08. The van der Waals surface area contributed by atoms with E-state index in [9.17, 15) is 0 Å². The summed E-state index contributed by atoms with van der Waals surface area (Å²) in [6, 6.07) is 17.5. The van der Waals surface area contributed by atoms with E-state index >= 15 is 0 Å². The van der Waals surface area contributed by atoms with Crippen LogP contribution in [0.1, 0.15) is 17.0 Å². The van der Waals surface area contributed by atoms with Crippen LogP contribution in [-0.2, 0) is 0 Å². The smallest absolute Gasteiger partial charge is 0.147 e. The number of hydrogen-bond acceptors (Lipinski definition) is 4. The monoisotopic (exact) mass is 332 g/mol. The fraction of sp³-hybridized carbons (Fsp3) is 0.333. The summed E-state index contributed by atoms with van der Waals surface area (Å²) in [5, 5.41) is 0. The number of para-hydroxylation sites is 2. The molecular weight excluding hydrogens is 308 g/mol. The van der Waals surface area contributed by atoms with Gasteiger partial charge >= 0.3 is 0 Å². The number of benzene rings is 2. The van der Waals surface area contributed by atoms with Crippen LogP contribution in [0.4, 0.5) is 5.82 Å². The maximum absolute atomic E-state index is 4.84. The van der Waals surface area contributed by atoms with Crippen molar-refractivity contribution in [1.82, 2.24) is 14.9 Å². The number of fused-ring (bicyclic) bond motifs is 1. The Morgan fingerprint density at radius 1 is 0.960 bits per heavy atom. The SMILES string of the molecule is Cc1ccc(C2CN(c3cnc4ccccc4n3)CC2N(C)C)cc1. The van der Waals surface area contributed by atoms with E-state index in [-0.39, 0.29) is 0 Å². The minimum atomic E-state index is 0.468. The van der Waals surface area contributed by atoms with Gasteiger partial charge < -0.3 is 9.80 Å². The molecule has 0 amide bonds. The van der Waals surface area contributed by atoms with Gasteiger partial charge in [0.25, 0.3) is 0 Å². The third kappa shape index (κ3) is 3.10. The molecule has 2 atom stereocenters. The average molecular weight is 332 g/mol. The molecule has 1 fully saturated rings. The lowest BCUT2D eigenvalue weighted by molar-refractivity contribution is 0.292. The highest BCUT2D eigenvalue weighted by molar-refractivity contribution is 5.75. The fourth-order valence-electron chi connectivity index (χ4n) is 3.74. The molecule has 1 aromatic heterocycles. The van der Waals surface area contributed by atoms with Gasteiger partial charge in [-0.25, -0.2) is 4.98 Å². The van der Waals surface area contributed by atoms with Crippen molar-refractivity contribution < 1.29 is 0 Å². The molecule has 128 valence electrons. The van der Waals surface area contributed by atoms with E-state index in [1.165, 1.54) is 11.1 Å². The highest BCUT2D eigenvalue weighted by atomic mass is 15.3. The van der Waals surface area contributed by atoms with Crippen molar-refractivity contribution in [2.24, 2.45) is 0 Å². The Hall–Kier alpha value is -2.46. The first-order chi connectivity index (χ1) is 12.1. The molecular formula is C21H24N4. The quantitative estimate of drug-likeness (QED) is 0.735. The molecule has 1 saturated heterocycles. The Balaban J connectivity index is 1.65. The summed E-state index contributed by atoms with van der Waals surface area (Å²) >= 11 is 0. The third-order valence-electron chi connectivity index (χ3n) is 5.22. The van der Waals surface area contributed by atoms with E-state index in [0.29, 0.717) is 12.0 Å². The Labute approximate surface area is 149 Å². The summed E-state index contributed by atoms with van der Waals surface area (Å²) in [6.07, 6.45) is 1.91. The Morgan fingerprint density at radius 3 is 2.40 bits per heavy atom. The Morgan fingerprint density at radius 2 is 1.68 bits per heavy atom. The molecule has 0 aliphatic carbocycles. The van der Waals surface area contributed by atoms with Crippen molar-refractivity contribution in [3.05, 3.63) is 65.9 Å². The first-order valence-corrected chi connectivity index (χ1v) is 8.81. The second-order valence-corrected chi connectivity index (χ2v) is 7.17. The second kappa shape index (κ2) is 6.45. The van der Waals surface area contributed by atoms with Gasteiger partial charge in [-0.1, -0.05) is 42.0 Å². The van der Waals surface area contributed by atoms with Crippen LogP contribution in [0.25, 0.3) is 11.0 Å². The standard InChI is InChI=1S/C21H24N4/c1-15-8-10-16(11-9-15)17-13-25(14-20(17)24(2)3)21-12-22-18-6-4-5-7-19(18)23-21/h4-12,17,20H,13-14H2,1-3H3. The fourth-order valence-corrected chi connectivity index (χ4v) is 3.74. The first kappa shape index (κ1) is 16.0. The predicted octanol–water partition coefficient (Wildman–Crippen LogP) is 3.47. The zero-order valence-corrected chi connectivity index (χ0v) is 15.1. The van der Waals surface area contributed by atoms with Crippen molar-refractivity contribution in [3.63, 3.8) is 0 Å². The molecule has 0 saturated carbocycles. The highest BCUT2D eigenvalue weighted by Crippen LogP contribution is 2.33. The number of rotatable bonds is 3. The Bertz CT molecular complexity index is 872. The molecule has 25 heavy (non-hydrogen) atoms. The lowest BCUT2D eigenvalue weighted by Crippen LogP contribution is -2.34. The van der Waals surface area contributed by atoms with E-state index in [1.54, 1.807) is 0 Å². The number of nitrogens with zero attached hydrogens (tertiary/aromatic N) is 4. The highest BCUT2D eigenvalue weighted by Gasteiger charge is 2.35. The third-order valence-corrected chi connectivity index (χ3v) is 5.22. The maximum Gasteiger partial charge on any atom is 0.147 e. The largest absolute Gasteiger partial charge is 0.353 e. The molecule has 1 aliphatic rings. The molecule has 4 heteroatoms. The van der Waals surface area contributed by atoms with Crippen molar-refractivity contribution in [3.8, 4) is 0 Å². The van der Waals surface area contributed by atoms with Gasteiger partial charge in [0.1, 0.15) is 5.82 Å². The van der Waals surface area contributed by atoms with Gasteiger partial charge in [0.05, 0.1) is 17.2 Å². The van der Waals surface area contributed by atoms with Crippen molar-refractivity contribution >= 4 is 16.9 Å². The number of aromatic nitrogens is 2. The van der Waals surface area contributed by atoms with Crippen LogP contribution in [-0.4, -0.2) is 48.1 Å². The topological polar surface area (TPSA) is 32.3 Å². The molecule has 4 rings (SSSR count). The van der Waals surface area contributed by atoms with E-state index < -0.39 is 0 Å². The molecule has 2 heterocycles. The maximum atomic E-state index is 4.84. The molecule has 2 aromatic carbocycles. The van der Waals surface area contributed by atoms with Crippen LogP contribution >= 0.6 is 0 Å². The minimum Gasteiger partial charge on any atom is -0.353 e. The van der Waals surface area contributed by atoms with E-state index in [4.69, 9.17) is 4.98 Å². The minimum absolute atomic E-state index is 0.468.